The highest BCUT2D eigenvalue weighted by Crippen LogP contribution is 2.28. The van der Waals surface area contributed by atoms with E-state index in [2.05, 4.69) is 40.4 Å². The number of fused-ring (bicyclic) bond motifs is 1. The maximum absolute atomic E-state index is 12.5. The molecule has 2 heterocycles. The standard InChI is InChI=1S/C21H26N4OS/c1-2-3-12-22-20(26)24(17-9-10-17)13-11-18-15-27-21-23-19(14-25(18)21)16-7-5-4-6-8-16/h4-8,14-15,17H,2-3,9-13H2,1H3,(H,22,26). The molecule has 0 unspecified atom stereocenters. The van der Waals surface area contributed by atoms with E-state index < -0.39 is 0 Å². The molecule has 0 saturated heterocycles. The van der Waals surface area contributed by atoms with Gasteiger partial charge >= 0.3 is 6.03 Å². The van der Waals surface area contributed by atoms with Crippen molar-refractivity contribution in [2.75, 3.05) is 13.1 Å². The summed E-state index contributed by atoms with van der Waals surface area (Å²) >= 11 is 1.66. The van der Waals surface area contributed by atoms with Crippen LogP contribution in [0.3, 0.4) is 0 Å². The number of nitrogens with one attached hydrogen (secondary N) is 1. The summed E-state index contributed by atoms with van der Waals surface area (Å²) < 4.78 is 2.17. The van der Waals surface area contributed by atoms with Crippen molar-refractivity contribution in [2.24, 2.45) is 0 Å². The highest BCUT2D eigenvalue weighted by Gasteiger charge is 2.32. The number of amides is 2. The minimum atomic E-state index is 0.0908. The van der Waals surface area contributed by atoms with E-state index in [0.717, 1.165) is 61.4 Å². The van der Waals surface area contributed by atoms with Crippen LogP contribution < -0.4 is 5.32 Å². The van der Waals surface area contributed by atoms with Crippen LogP contribution in [0.15, 0.2) is 41.9 Å². The summed E-state index contributed by atoms with van der Waals surface area (Å²) in [6.45, 7) is 3.66. The number of carbonyl (C=O) groups is 1. The lowest BCUT2D eigenvalue weighted by Gasteiger charge is -2.22. The molecule has 1 aliphatic rings. The lowest BCUT2D eigenvalue weighted by atomic mass is 10.2. The van der Waals surface area contributed by atoms with Crippen molar-refractivity contribution in [2.45, 2.75) is 45.1 Å². The first-order valence-corrected chi connectivity index (χ1v) is 10.7. The van der Waals surface area contributed by atoms with Crippen molar-refractivity contribution in [3.05, 3.63) is 47.6 Å². The number of nitrogens with zero attached hydrogens (tertiary/aromatic N) is 3. The number of thiazole rings is 1. The zero-order chi connectivity index (χ0) is 18.6. The molecular formula is C21H26N4OS. The number of unbranched alkanes of at least 4 members (excludes halogenated alkanes) is 1. The van der Waals surface area contributed by atoms with Crippen LogP contribution >= 0.6 is 11.3 Å². The van der Waals surface area contributed by atoms with Crippen LogP contribution in [0.4, 0.5) is 4.79 Å². The molecule has 5 nitrogen and oxygen atoms in total. The van der Waals surface area contributed by atoms with Crippen LogP contribution in [0.5, 0.6) is 0 Å². The first-order chi connectivity index (χ1) is 13.3. The Morgan fingerprint density at radius 1 is 1.33 bits per heavy atom. The summed E-state index contributed by atoms with van der Waals surface area (Å²) in [5.74, 6) is 0. The largest absolute Gasteiger partial charge is 0.338 e. The Morgan fingerprint density at radius 2 is 2.15 bits per heavy atom. The number of imidazole rings is 1. The second kappa shape index (κ2) is 8.13. The van der Waals surface area contributed by atoms with Gasteiger partial charge in [0.05, 0.1) is 5.69 Å². The summed E-state index contributed by atoms with van der Waals surface area (Å²) in [5.41, 5.74) is 3.35. The number of urea groups is 1. The Labute approximate surface area is 164 Å². The van der Waals surface area contributed by atoms with Crippen molar-refractivity contribution < 1.29 is 4.79 Å². The fraction of sp³-hybridized carbons (Fsp3) is 0.429. The van der Waals surface area contributed by atoms with Gasteiger partial charge in [-0.05, 0) is 19.3 Å². The summed E-state index contributed by atoms with van der Waals surface area (Å²) in [7, 11) is 0. The SMILES string of the molecule is CCCCNC(=O)N(CCc1csc2nc(-c3ccccc3)cn12)C1CC1. The Hall–Kier alpha value is -2.34. The number of aromatic nitrogens is 2. The third kappa shape index (κ3) is 4.16. The smallest absolute Gasteiger partial charge is 0.317 e. The third-order valence-corrected chi connectivity index (χ3v) is 5.91. The second-order valence-electron chi connectivity index (χ2n) is 7.13. The van der Waals surface area contributed by atoms with Crippen LogP contribution in [-0.2, 0) is 6.42 Å². The molecule has 1 N–H and O–H groups in total. The van der Waals surface area contributed by atoms with E-state index >= 15 is 0 Å². The van der Waals surface area contributed by atoms with Crippen LogP contribution in [0.1, 0.15) is 38.3 Å². The van der Waals surface area contributed by atoms with Gasteiger partial charge in [0, 0.05) is 48.4 Å². The Kier molecular flexibility index (Phi) is 5.43. The Morgan fingerprint density at radius 3 is 2.89 bits per heavy atom. The van der Waals surface area contributed by atoms with E-state index in [1.54, 1.807) is 11.3 Å². The van der Waals surface area contributed by atoms with Gasteiger partial charge in [-0.25, -0.2) is 9.78 Å². The molecule has 2 aromatic heterocycles. The van der Waals surface area contributed by atoms with Crippen LogP contribution in [-0.4, -0.2) is 39.4 Å². The van der Waals surface area contributed by atoms with Gasteiger partial charge < -0.3 is 10.2 Å². The van der Waals surface area contributed by atoms with Gasteiger partial charge in [-0.1, -0.05) is 43.7 Å². The van der Waals surface area contributed by atoms with Crippen molar-refractivity contribution in [1.82, 2.24) is 19.6 Å². The average molecular weight is 383 g/mol. The highest BCUT2D eigenvalue weighted by atomic mass is 32.1. The van der Waals surface area contributed by atoms with Gasteiger partial charge in [0.1, 0.15) is 0 Å². The van der Waals surface area contributed by atoms with Crippen molar-refractivity contribution >= 4 is 22.3 Å². The molecule has 6 heteroatoms. The molecule has 0 radical (unpaired) electrons. The van der Waals surface area contributed by atoms with Crippen molar-refractivity contribution in [3.63, 3.8) is 0 Å². The summed E-state index contributed by atoms with van der Waals surface area (Å²) in [6.07, 6.45) is 7.35. The molecule has 0 spiro atoms. The van der Waals surface area contributed by atoms with E-state index in [1.807, 2.05) is 23.1 Å². The number of hydrogen-bond donors (Lipinski definition) is 1. The molecule has 4 rings (SSSR count). The van der Waals surface area contributed by atoms with Gasteiger partial charge in [0.25, 0.3) is 0 Å². The normalized spacial score (nSPS) is 13.8. The third-order valence-electron chi connectivity index (χ3n) is 5.02. The van der Waals surface area contributed by atoms with E-state index in [1.165, 1.54) is 5.69 Å². The first kappa shape index (κ1) is 18.0. The summed E-state index contributed by atoms with van der Waals surface area (Å²) in [6, 6.07) is 10.8. The van der Waals surface area contributed by atoms with Gasteiger partial charge in [0.2, 0.25) is 0 Å². The maximum Gasteiger partial charge on any atom is 0.317 e. The number of hydrogen-bond acceptors (Lipinski definition) is 3. The number of rotatable bonds is 8. The first-order valence-electron chi connectivity index (χ1n) is 9.81. The van der Waals surface area contributed by atoms with Crippen LogP contribution in [0.2, 0.25) is 0 Å². The quantitative estimate of drug-likeness (QED) is 0.580. The second-order valence-corrected chi connectivity index (χ2v) is 7.97. The van der Waals surface area contributed by atoms with Gasteiger partial charge in [-0.2, -0.15) is 0 Å². The molecule has 27 heavy (non-hydrogen) atoms. The lowest BCUT2D eigenvalue weighted by Crippen LogP contribution is -2.42. The summed E-state index contributed by atoms with van der Waals surface area (Å²) in [5, 5.41) is 5.23. The predicted molar refractivity (Wildman–Crippen MR) is 110 cm³/mol. The molecule has 2 amide bonds. The van der Waals surface area contributed by atoms with Crippen LogP contribution in [0, 0.1) is 0 Å². The van der Waals surface area contributed by atoms with Crippen LogP contribution in [0.25, 0.3) is 16.2 Å². The van der Waals surface area contributed by atoms with E-state index in [9.17, 15) is 4.79 Å². The fourth-order valence-corrected chi connectivity index (χ4v) is 4.21. The zero-order valence-corrected chi connectivity index (χ0v) is 16.5. The molecular weight excluding hydrogens is 356 g/mol. The van der Waals surface area contributed by atoms with Gasteiger partial charge in [-0.3, -0.25) is 4.40 Å². The lowest BCUT2D eigenvalue weighted by molar-refractivity contribution is 0.195. The molecule has 3 aromatic rings. The van der Waals surface area contributed by atoms with Crippen molar-refractivity contribution in [1.29, 1.82) is 0 Å². The molecule has 1 fully saturated rings. The van der Waals surface area contributed by atoms with E-state index in [4.69, 9.17) is 4.98 Å². The van der Waals surface area contributed by atoms with Crippen molar-refractivity contribution in [3.8, 4) is 11.3 Å². The molecule has 1 aromatic carbocycles. The number of benzene rings is 1. The Bertz CT molecular complexity index is 897. The van der Waals surface area contributed by atoms with Gasteiger partial charge in [0.15, 0.2) is 4.96 Å². The topological polar surface area (TPSA) is 49.6 Å². The monoisotopic (exact) mass is 382 g/mol. The van der Waals surface area contributed by atoms with Gasteiger partial charge in [-0.15, -0.1) is 11.3 Å². The number of carbonyl (C=O) groups excluding carboxylic acids is 1. The molecule has 142 valence electrons. The van der Waals surface area contributed by atoms with E-state index in [-0.39, 0.29) is 6.03 Å². The fourth-order valence-electron chi connectivity index (χ4n) is 3.30. The highest BCUT2D eigenvalue weighted by molar-refractivity contribution is 7.15. The molecule has 0 aliphatic heterocycles. The van der Waals surface area contributed by atoms with E-state index in [0.29, 0.717) is 6.04 Å². The summed E-state index contributed by atoms with van der Waals surface area (Å²) in [4.78, 5) is 20.3. The molecule has 0 bridgehead atoms. The minimum absolute atomic E-state index is 0.0908. The zero-order valence-electron chi connectivity index (χ0n) is 15.7. The maximum atomic E-state index is 12.5. The molecule has 1 aliphatic carbocycles. The Balaban J connectivity index is 1.44. The molecule has 1 saturated carbocycles. The average Bonchev–Trinajstić information content (AvgIpc) is 3.32. The predicted octanol–water partition coefficient (Wildman–Crippen LogP) is 4.58. The molecule has 0 atom stereocenters. The minimum Gasteiger partial charge on any atom is -0.338 e.